The molecule has 2 rings (SSSR count). The van der Waals surface area contributed by atoms with Gasteiger partial charge in [0.1, 0.15) is 25.3 Å². The zero-order valence-electron chi connectivity index (χ0n) is 16.5. The summed E-state index contributed by atoms with van der Waals surface area (Å²) in [5.41, 5.74) is 0.644. The Labute approximate surface area is 169 Å². The summed E-state index contributed by atoms with van der Waals surface area (Å²) in [6, 6.07) is 0. The number of nitro groups is 1. The minimum absolute atomic E-state index is 0.0141. The molecular weight excluding hydrogens is 406 g/mol. The molecule has 1 N–H and O–H groups in total. The molecule has 162 valence electrons. The number of carbonyl (C=O) groups is 2. The zero-order valence-corrected chi connectivity index (χ0v) is 16.5. The van der Waals surface area contributed by atoms with Crippen LogP contribution >= 0.6 is 0 Å². The summed E-state index contributed by atoms with van der Waals surface area (Å²) in [5, 5.41) is 23.3. The molecule has 0 aromatic carbocycles. The summed E-state index contributed by atoms with van der Waals surface area (Å²) in [4.78, 5) is 54.1. The first-order valence-electron chi connectivity index (χ1n) is 8.47. The summed E-state index contributed by atoms with van der Waals surface area (Å²) in [5.74, 6) is -3.13. The molecule has 2 heterocycles. The maximum Gasteiger partial charge on any atom is 0.342 e. The maximum atomic E-state index is 12.8. The Bertz CT molecular complexity index is 962. The van der Waals surface area contributed by atoms with Crippen LogP contribution in [0, 0.1) is 20.2 Å². The summed E-state index contributed by atoms with van der Waals surface area (Å²) < 4.78 is 11.0. The number of carbonyl (C=O) groups excluding carboxylic acids is 2. The van der Waals surface area contributed by atoms with Crippen molar-refractivity contribution in [3.05, 3.63) is 54.8 Å². The number of esters is 2. The number of ether oxygens (including phenoxy) is 2. The summed E-state index contributed by atoms with van der Waals surface area (Å²) >= 11 is 0. The van der Waals surface area contributed by atoms with Gasteiger partial charge < -0.3 is 29.7 Å². The first-order valence-corrected chi connectivity index (χ1v) is 8.47. The highest BCUT2D eigenvalue weighted by Gasteiger charge is 2.42. The summed E-state index contributed by atoms with van der Waals surface area (Å²) in [6.45, 7) is 2.20. The van der Waals surface area contributed by atoms with E-state index in [1.807, 2.05) is 0 Å². The first-order chi connectivity index (χ1) is 14.1. The molecule has 1 aliphatic heterocycles. The molecule has 1 aromatic rings. The third-order valence-corrected chi connectivity index (χ3v) is 4.34. The average Bonchev–Trinajstić information content (AvgIpc) is 3.05. The third-order valence-electron chi connectivity index (χ3n) is 4.34. The molecule has 0 amide bonds. The van der Waals surface area contributed by atoms with E-state index in [4.69, 9.17) is 9.47 Å². The molecule has 0 aliphatic carbocycles. The van der Waals surface area contributed by atoms with Gasteiger partial charge in [0.05, 0.1) is 25.3 Å². The van der Waals surface area contributed by atoms with Gasteiger partial charge in [0.15, 0.2) is 0 Å². The van der Waals surface area contributed by atoms with Gasteiger partial charge >= 0.3 is 17.8 Å². The predicted molar refractivity (Wildman–Crippen MR) is 97.1 cm³/mol. The number of nitrogens with zero attached hydrogens (tertiary/aromatic N) is 4. The number of rotatable bonds is 8. The molecule has 14 heteroatoms. The first kappa shape index (κ1) is 22.3. The van der Waals surface area contributed by atoms with Gasteiger partial charge in [-0.05, 0) is 18.8 Å². The van der Waals surface area contributed by atoms with Crippen molar-refractivity contribution < 1.29 is 33.9 Å². The van der Waals surface area contributed by atoms with Crippen molar-refractivity contribution in [2.75, 3.05) is 20.3 Å². The molecule has 0 bridgehead atoms. The van der Waals surface area contributed by atoms with Crippen LogP contribution in [0.4, 0.5) is 5.82 Å². The van der Waals surface area contributed by atoms with Crippen molar-refractivity contribution in [2.45, 2.75) is 19.8 Å². The monoisotopic (exact) mass is 425 g/mol. The SMILES string of the molecule is COC(=O)C1=C(C)NC(C)=C(C(=O)OCCO[N+](=O)[O-])C1c1ncc([N+](=O)[O-])n1C. The van der Waals surface area contributed by atoms with Gasteiger partial charge in [0.2, 0.25) is 5.82 Å². The number of hydrogen-bond donors (Lipinski definition) is 1. The van der Waals surface area contributed by atoms with E-state index in [0.29, 0.717) is 11.4 Å². The molecule has 1 aliphatic rings. The molecule has 0 fully saturated rings. The smallest absolute Gasteiger partial charge is 0.342 e. The van der Waals surface area contributed by atoms with Crippen LogP contribution in [-0.2, 0) is 30.9 Å². The predicted octanol–water partition coefficient (Wildman–Crippen LogP) is 0.488. The summed E-state index contributed by atoms with van der Waals surface area (Å²) in [6.07, 6.45) is 1.00. The lowest BCUT2D eigenvalue weighted by Gasteiger charge is -2.28. The van der Waals surface area contributed by atoms with Crippen molar-refractivity contribution in [1.82, 2.24) is 14.9 Å². The number of methoxy groups -OCH3 is 1. The van der Waals surface area contributed by atoms with Crippen LogP contribution in [-0.4, -0.2) is 51.8 Å². The number of allylic oxidation sites excluding steroid dienone is 2. The second-order valence-electron chi connectivity index (χ2n) is 6.11. The van der Waals surface area contributed by atoms with Gasteiger partial charge in [-0.15, -0.1) is 10.1 Å². The topological polar surface area (TPSA) is 178 Å². The van der Waals surface area contributed by atoms with Crippen LogP contribution in [0.1, 0.15) is 25.6 Å². The zero-order chi connectivity index (χ0) is 22.6. The van der Waals surface area contributed by atoms with Crippen molar-refractivity contribution >= 4 is 17.8 Å². The normalized spacial score (nSPS) is 16.1. The lowest BCUT2D eigenvalue weighted by atomic mass is 9.84. The van der Waals surface area contributed by atoms with Crippen LogP contribution in [0.2, 0.25) is 0 Å². The number of nitrogens with one attached hydrogen (secondary N) is 1. The van der Waals surface area contributed by atoms with Crippen molar-refractivity contribution in [2.24, 2.45) is 7.05 Å². The second-order valence-corrected chi connectivity index (χ2v) is 6.11. The molecule has 0 spiro atoms. The molecule has 0 radical (unpaired) electrons. The van der Waals surface area contributed by atoms with Gasteiger partial charge in [0, 0.05) is 11.4 Å². The highest BCUT2D eigenvalue weighted by atomic mass is 17.0. The average molecular weight is 425 g/mol. The van der Waals surface area contributed by atoms with Crippen molar-refractivity contribution in [3.8, 4) is 0 Å². The van der Waals surface area contributed by atoms with Crippen LogP contribution in [0.25, 0.3) is 0 Å². The molecule has 1 unspecified atom stereocenters. The van der Waals surface area contributed by atoms with E-state index in [1.54, 1.807) is 13.8 Å². The number of dihydropyridines is 1. The highest BCUT2D eigenvalue weighted by Crippen LogP contribution is 2.39. The molecule has 0 saturated carbocycles. The quantitative estimate of drug-likeness (QED) is 0.265. The van der Waals surface area contributed by atoms with E-state index in [9.17, 15) is 29.8 Å². The van der Waals surface area contributed by atoms with Gasteiger partial charge in [-0.25, -0.2) is 19.1 Å². The van der Waals surface area contributed by atoms with E-state index in [2.05, 4.69) is 15.1 Å². The molecule has 14 nitrogen and oxygen atoms in total. The van der Waals surface area contributed by atoms with Crippen LogP contribution in [0.5, 0.6) is 0 Å². The summed E-state index contributed by atoms with van der Waals surface area (Å²) in [7, 11) is 2.52. The molecule has 0 saturated heterocycles. The molecule has 30 heavy (non-hydrogen) atoms. The largest absolute Gasteiger partial charge is 0.466 e. The minimum Gasteiger partial charge on any atom is -0.466 e. The molecular formula is C16H19N5O9. The fourth-order valence-electron chi connectivity index (χ4n) is 3.08. The van der Waals surface area contributed by atoms with Gasteiger partial charge in [-0.2, -0.15) is 0 Å². The van der Waals surface area contributed by atoms with Crippen molar-refractivity contribution in [1.29, 1.82) is 0 Å². The third kappa shape index (κ3) is 4.37. The van der Waals surface area contributed by atoms with Crippen LogP contribution in [0.15, 0.2) is 28.7 Å². The fraction of sp³-hybridized carbons (Fsp3) is 0.438. The Kier molecular flexibility index (Phi) is 6.71. The van der Waals surface area contributed by atoms with Gasteiger partial charge in [0.25, 0.3) is 5.09 Å². The van der Waals surface area contributed by atoms with E-state index in [0.717, 1.165) is 17.9 Å². The maximum absolute atomic E-state index is 12.8. The Balaban J connectivity index is 2.51. The van der Waals surface area contributed by atoms with Crippen LogP contribution in [0.3, 0.4) is 0 Å². The Morgan fingerprint density at radius 2 is 1.77 bits per heavy atom. The number of hydrogen-bond acceptors (Lipinski definition) is 11. The molecule has 1 aromatic heterocycles. The highest BCUT2D eigenvalue weighted by molar-refractivity contribution is 5.99. The number of imidazole rings is 1. The van der Waals surface area contributed by atoms with E-state index in [-0.39, 0.29) is 22.8 Å². The lowest BCUT2D eigenvalue weighted by molar-refractivity contribution is -0.757. The Hall–Kier alpha value is -3.97. The minimum atomic E-state index is -1.14. The Morgan fingerprint density at radius 3 is 2.27 bits per heavy atom. The van der Waals surface area contributed by atoms with E-state index in [1.165, 1.54) is 7.05 Å². The standard InChI is InChI=1S/C16H19N5O9/c1-8-11(15(22)28-4)13(14-17-7-10(19(14)3)20(24)25)12(9(2)18-8)16(23)29-5-6-30-21(26)27/h7,13,18H,5-6H2,1-4H3. The lowest BCUT2D eigenvalue weighted by Crippen LogP contribution is -2.33. The van der Waals surface area contributed by atoms with Crippen LogP contribution < -0.4 is 5.32 Å². The number of aromatic nitrogens is 2. The second kappa shape index (κ2) is 9.02. The Morgan fingerprint density at radius 1 is 1.17 bits per heavy atom. The fourth-order valence-corrected chi connectivity index (χ4v) is 3.08. The molecule has 1 atom stereocenters. The van der Waals surface area contributed by atoms with Crippen molar-refractivity contribution in [3.63, 3.8) is 0 Å². The van der Waals surface area contributed by atoms with E-state index >= 15 is 0 Å². The van der Waals surface area contributed by atoms with Gasteiger partial charge in [-0.3, -0.25) is 0 Å². The van der Waals surface area contributed by atoms with Gasteiger partial charge in [-0.1, -0.05) is 0 Å². The van der Waals surface area contributed by atoms with E-state index < -0.39 is 41.1 Å².